The first-order chi connectivity index (χ1) is 15.2. The van der Waals surface area contributed by atoms with Gasteiger partial charge in [-0.1, -0.05) is 36.9 Å². The van der Waals surface area contributed by atoms with E-state index in [2.05, 4.69) is 6.58 Å². The van der Waals surface area contributed by atoms with Gasteiger partial charge in [0.2, 0.25) is 0 Å². The lowest BCUT2D eigenvalue weighted by molar-refractivity contribution is -0.137. The minimum atomic E-state index is -5.08. The third kappa shape index (κ3) is 6.58. The summed E-state index contributed by atoms with van der Waals surface area (Å²) in [6, 6.07) is 9.29. The van der Waals surface area contributed by atoms with E-state index in [9.17, 15) is 27.9 Å². The quantitative estimate of drug-likeness (QED) is 0.319. The number of esters is 1. The highest BCUT2D eigenvalue weighted by Crippen LogP contribution is 2.28. The van der Waals surface area contributed by atoms with Crippen molar-refractivity contribution in [1.82, 2.24) is 9.47 Å². The van der Waals surface area contributed by atoms with Gasteiger partial charge >= 0.3 is 12.1 Å². The van der Waals surface area contributed by atoms with Gasteiger partial charge in [-0.2, -0.15) is 13.2 Å². The van der Waals surface area contributed by atoms with E-state index in [1.807, 2.05) is 30.3 Å². The first-order valence-electron chi connectivity index (χ1n) is 9.91. The molecule has 2 rings (SSSR count). The molecule has 0 aliphatic carbocycles. The Morgan fingerprint density at radius 3 is 2.50 bits per heavy atom. The van der Waals surface area contributed by atoms with E-state index >= 15 is 0 Å². The molecule has 0 aliphatic rings. The lowest BCUT2D eigenvalue weighted by atomic mass is 10.0. The monoisotopic (exact) mass is 450 g/mol. The number of hydrogen-bond donors (Lipinski definition) is 1. The minimum absolute atomic E-state index is 0.0309. The Bertz CT molecular complexity index is 966. The summed E-state index contributed by atoms with van der Waals surface area (Å²) in [5, 5.41) is 9.49. The molecule has 32 heavy (non-hydrogen) atoms. The number of aromatic nitrogens is 1. The first kappa shape index (κ1) is 24.9. The number of Topliss-reactive ketones (excluding diaryl/α,β-unsaturated/α-hetero) is 1. The molecular weight excluding hydrogens is 425 g/mol. The van der Waals surface area contributed by atoms with Gasteiger partial charge in [0, 0.05) is 55.4 Å². The van der Waals surface area contributed by atoms with Crippen molar-refractivity contribution in [3.8, 4) is 0 Å². The second-order valence-electron chi connectivity index (χ2n) is 6.82. The Hall–Kier alpha value is -3.33. The highest BCUT2D eigenvalue weighted by Gasteiger charge is 2.42. The van der Waals surface area contributed by atoms with Crippen LogP contribution in [0.15, 0.2) is 55.4 Å². The minimum Gasteiger partial charge on any atom is -0.463 e. The first-order valence-corrected chi connectivity index (χ1v) is 9.91. The molecule has 0 atom stereocenters. The van der Waals surface area contributed by atoms with Crippen LogP contribution in [-0.4, -0.2) is 45.7 Å². The number of aliphatic hydroxyl groups excluding tert-OH is 1. The largest absolute Gasteiger partial charge is 0.463 e. The molecule has 1 aromatic carbocycles. The summed E-state index contributed by atoms with van der Waals surface area (Å²) in [6.45, 7) is 5.30. The number of ketones is 1. The van der Waals surface area contributed by atoms with Gasteiger partial charge < -0.3 is 19.3 Å². The van der Waals surface area contributed by atoms with Crippen molar-refractivity contribution in [1.29, 1.82) is 0 Å². The summed E-state index contributed by atoms with van der Waals surface area (Å²) in [7, 11) is 0. The maximum atomic E-state index is 13.2. The fourth-order valence-electron chi connectivity index (χ4n) is 3.21. The van der Waals surface area contributed by atoms with Crippen LogP contribution in [0.2, 0.25) is 0 Å². The van der Waals surface area contributed by atoms with Crippen molar-refractivity contribution in [3.05, 3.63) is 77.8 Å². The number of rotatable bonds is 11. The molecule has 0 fully saturated rings. The second-order valence-corrected chi connectivity index (χ2v) is 6.82. The van der Waals surface area contributed by atoms with Crippen molar-refractivity contribution < 1.29 is 32.6 Å². The van der Waals surface area contributed by atoms with Gasteiger partial charge in [0.05, 0.1) is 18.8 Å². The Labute approximate surface area is 184 Å². The molecule has 1 N–H and O–H groups in total. The molecule has 9 heteroatoms. The molecule has 0 unspecified atom stereocenters. The number of halogens is 3. The molecule has 1 aromatic heterocycles. The van der Waals surface area contributed by atoms with E-state index in [4.69, 9.17) is 4.74 Å². The third-order valence-electron chi connectivity index (χ3n) is 4.64. The molecule has 0 amide bonds. The van der Waals surface area contributed by atoms with Crippen LogP contribution in [0.4, 0.5) is 13.2 Å². The molecule has 6 nitrogen and oxygen atoms in total. The lowest BCUT2D eigenvalue weighted by Crippen LogP contribution is -2.26. The molecule has 0 saturated carbocycles. The lowest BCUT2D eigenvalue weighted by Gasteiger charge is -2.21. The number of benzene rings is 1. The van der Waals surface area contributed by atoms with Crippen LogP contribution < -0.4 is 0 Å². The third-order valence-corrected chi connectivity index (χ3v) is 4.64. The van der Waals surface area contributed by atoms with Crippen LogP contribution in [0.25, 0.3) is 6.20 Å². The van der Waals surface area contributed by atoms with Gasteiger partial charge in [0.25, 0.3) is 5.78 Å². The summed E-state index contributed by atoms with van der Waals surface area (Å²) < 4.78 is 45.7. The molecule has 172 valence electrons. The number of ether oxygens (including phenoxy) is 1. The average Bonchev–Trinajstić information content (AvgIpc) is 3.12. The number of hydrogen-bond acceptors (Lipinski definition) is 5. The standard InChI is InChI=1S/C23H25F3N2O4/c1-3-28-15-18(16-29)21(22(31)23(24,25)26)19(28)10-12-27(13-11-20(30)32-4-2)14-17-8-6-5-7-9-17/h3,5-9,11,13,15,29H,1,4,10,12,14,16H2,2H3/b13-11+. The normalized spacial score (nSPS) is 11.5. The summed E-state index contributed by atoms with van der Waals surface area (Å²) >= 11 is 0. The van der Waals surface area contributed by atoms with Crippen LogP contribution in [-0.2, 0) is 29.1 Å². The Balaban J connectivity index is 2.34. The van der Waals surface area contributed by atoms with Gasteiger partial charge in [-0.25, -0.2) is 4.79 Å². The summed E-state index contributed by atoms with van der Waals surface area (Å²) in [6.07, 6.45) is 0.224. The molecule has 0 spiro atoms. The number of alkyl halides is 3. The average molecular weight is 450 g/mol. The number of carbonyl (C=O) groups is 2. The van der Waals surface area contributed by atoms with Gasteiger partial charge in [-0.05, 0) is 12.5 Å². The Morgan fingerprint density at radius 2 is 1.94 bits per heavy atom. The van der Waals surface area contributed by atoms with Crippen LogP contribution in [0.3, 0.4) is 0 Å². The zero-order valence-electron chi connectivity index (χ0n) is 17.6. The van der Waals surface area contributed by atoms with Gasteiger partial charge in [0.1, 0.15) is 0 Å². The van der Waals surface area contributed by atoms with E-state index in [1.54, 1.807) is 11.8 Å². The molecular formula is C23H25F3N2O4. The van der Waals surface area contributed by atoms with Crippen LogP contribution in [0.1, 0.15) is 34.1 Å². The van der Waals surface area contributed by atoms with Crippen molar-refractivity contribution in [3.63, 3.8) is 0 Å². The molecule has 0 radical (unpaired) electrons. The fraction of sp³-hybridized carbons (Fsp3) is 0.304. The fourth-order valence-corrected chi connectivity index (χ4v) is 3.21. The van der Waals surface area contributed by atoms with Crippen LogP contribution >= 0.6 is 0 Å². The second kappa shape index (κ2) is 11.3. The number of aliphatic hydroxyl groups is 1. The summed E-state index contributed by atoms with van der Waals surface area (Å²) in [5.41, 5.74) is 0.296. The van der Waals surface area contributed by atoms with Crippen molar-refractivity contribution in [2.24, 2.45) is 0 Å². The van der Waals surface area contributed by atoms with Crippen LogP contribution in [0.5, 0.6) is 0 Å². The van der Waals surface area contributed by atoms with E-state index in [0.717, 1.165) is 5.56 Å². The summed E-state index contributed by atoms with van der Waals surface area (Å²) in [4.78, 5) is 25.5. The maximum absolute atomic E-state index is 13.2. The van der Waals surface area contributed by atoms with Gasteiger partial charge in [0.15, 0.2) is 0 Å². The van der Waals surface area contributed by atoms with Crippen molar-refractivity contribution >= 4 is 18.0 Å². The zero-order valence-corrected chi connectivity index (χ0v) is 17.6. The van der Waals surface area contributed by atoms with E-state index < -0.39 is 30.1 Å². The zero-order chi connectivity index (χ0) is 23.7. The highest BCUT2D eigenvalue weighted by molar-refractivity contribution is 6.02. The van der Waals surface area contributed by atoms with Crippen molar-refractivity contribution in [2.45, 2.75) is 32.7 Å². The summed E-state index contributed by atoms with van der Waals surface area (Å²) in [5.74, 6) is -2.57. The smallest absolute Gasteiger partial charge is 0.454 e. The Morgan fingerprint density at radius 1 is 1.25 bits per heavy atom. The maximum Gasteiger partial charge on any atom is 0.454 e. The molecule has 2 aromatic rings. The molecule has 1 heterocycles. The van der Waals surface area contributed by atoms with Crippen LogP contribution in [0, 0.1) is 0 Å². The van der Waals surface area contributed by atoms with Gasteiger partial charge in [-0.3, -0.25) is 4.79 Å². The van der Waals surface area contributed by atoms with E-state index in [-0.39, 0.29) is 30.8 Å². The molecule has 0 saturated heterocycles. The van der Waals surface area contributed by atoms with E-state index in [0.29, 0.717) is 6.54 Å². The number of nitrogens with zero attached hydrogens (tertiary/aromatic N) is 2. The predicted molar refractivity (Wildman–Crippen MR) is 113 cm³/mol. The van der Waals surface area contributed by atoms with Gasteiger partial charge in [-0.15, -0.1) is 0 Å². The predicted octanol–water partition coefficient (Wildman–Crippen LogP) is 3.95. The number of carbonyl (C=O) groups excluding carboxylic acids is 2. The SMILES string of the molecule is C=Cn1cc(CO)c(C(=O)C(F)(F)F)c1CCN(/C=C/C(=O)OCC)Cc1ccccc1. The molecule has 0 aliphatic heterocycles. The molecule has 0 bridgehead atoms. The van der Waals surface area contributed by atoms with E-state index in [1.165, 1.54) is 29.2 Å². The Kier molecular flexibility index (Phi) is 8.83. The van der Waals surface area contributed by atoms with Crippen molar-refractivity contribution in [2.75, 3.05) is 13.2 Å². The topological polar surface area (TPSA) is 71.8 Å². The highest BCUT2D eigenvalue weighted by atomic mass is 19.4.